The molecule has 0 spiro atoms. The van der Waals surface area contributed by atoms with Crippen molar-refractivity contribution in [3.8, 4) is 0 Å². The van der Waals surface area contributed by atoms with E-state index < -0.39 is 24.1 Å². The molecule has 3 N–H and O–H groups in total. The van der Waals surface area contributed by atoms with Crippen LogP contribution in [-0.4, -0.2) is 55.3 Å². The van der Waals surface area contributed by atoms with E-state index in [1.807, 2.05) is 25.7 Å². The summed E-state index contributed by atoms with van der Waals surface area (Å²) in [6, 6.07) is 9.61. The van der Waals surface area contributed by atoms with Gasteiger partial charge in [0.2, 0.25) is 6.41 Å². The highest BCUT2D eigenvalue weighted by Gasteiger charge is 2.43. The molecule has 0 aliphatic carbocycles. The van der Waals surface area contributed by atoms with Crippen molar-refractivity contribution in [2.75, 3.05) is 0 Å². The van der Waals surface area contributed by atoms with Crippen LogP contribution in [0, 0.1) is 0 Å². The van der Waals surface area contributed by atoms with Crippen LogP contribution in [-0.2, 0) is 11.2 Å². The molecule has 8 heteroatoms. The van der Waals surface area contributed by atoms with Crippen LogP contribution in [0.2, 0.25) is 5.15 Å². The fourth-order valence-corrected chi connectivity index (χ4v) is 4.13. The van der Waals surface area contributed by atoms with Gasteiger partial charge in [-0.25, -0.2) is 14.7 Å². The molecule has 31 heavy (non-hydrogen) atoms. The van der Waals surface area contributed by atoms with Gasteiger partial charge in [-0.1, -0.05) is 29.8 Å². The lowest BCUT2D eigenvalue weighted by atomic mass is 10.0. The minimum absolute atomic E-state index is 0.0899. The minimum Gasteiger partial charge on any atom is -0.478 e. The molecule has 1 fully saturated rings. The third-order valence-electron chi connectivity index (χ3n) is 5.44. The summed E-state index contributed by atoms with van der Waals surface area (Å²) in [5.74, 6) is -0.970. The second-order valence-electron chi connectivity index (χ2n) is 8.87. The number of likely N-dealkylation sites (tertiary alicyclic amines) is 1. The van der Waals surface area contributed by atoms with Gasteiger partial charge in [0.1, 0.15) is 5.15 Å². The van der Waals surface area contributed by atoms with Gasteiger partial charge in [-0.15, -0.1) is 0 Å². The number of rotatable bonds is 7. The van der Waals surface area contributed by atoms with Gasteiger partial charge >= 0.3 is 5.97 Å². The summed E-state index contributed by atoms with van der Waals surface area (Å²) in [5.41, 5.74) is 1.22. The second-order valence-corrected chi connectivity index (χ2v) is 9.25. The van der Waals surface area contributed by atoms with E-state index in [1.165, 1.54) is 0 Å². The maximum Gasteiger partial charge on any atom is 0.335 e. The van der Waals surface area contributed by atoms with Crippen LogP contribution in [0.15, 0.2) is 42.6 Å². The second kappa shape index (κ2) is 9.63. The number of hydrogen-bond acceptors (Lipinski definition) is 6. The van der Waals surface area contributed by atoms with Gasteiger partial charge in [0.25, 0.3) is 0 Å². The minimum atomic E-state index is -1.20. The first-order chi connectivity index (χ1) is 14.5. The van der Waals surface area contributed by atoms with Crippen molar-refractivity contribution in [3.05, 3.63) is 64.4 Å². The van der Waals surface area contributed by atoms with Gasteiger partial charge in [0, 0.05) is 23.8 Å². The van der Waals surface area contributed by atoms with Crippen molar-refractivity contribution in [2.24, 2.45) is 0 Å². The molecule has 0 radical (unpaired) electrons. The van der Waals surface area contributed by atoms with Gasteiger partial charge in [0.05, 0.1) is 17.3 Å². The molecular weight excluding hydrogens is 420 g/mol. The van der Waals surface area contributed by atoms with E-state index >= 15 is 0 Å². The molecule has 1 aromatic carbocycles. The first-order valence-corrected chi connectivity index (χ1v) is 10.7. The monoisotopic (exact) mass is 448 g/mol. The van der Waals surface area contributed by atoms with Gasteiger partial charge in [0.15, 0.2) is 0 Å². The Morgan fingerprint density at radius 3 is 2.42 bits per heavy atom. The number of benzene rings is 1. The summed E-state index contributed by atoms with van der Waals surface area (Å²) in [6.07, 6.45) is 1.46. The van der Waals surface area contributed by atoms with E-state index in [4.69, 9.17) is 21.4 Å². The molecule has 2 heterocycles. The van der Waals surface area contributed by atoms with Gasteiger partial charge < -0.3 is 20.1 Å². The molecule has 7 nitrogen and oxygen atoms in total. The predicted octanol–water partition coefficient (Wildman–Crippen LogP) is 3.63. The first kappa shape index (κ1) is 23.6. The van der Waals surface area contributed by atoms with Crippen molar-refractivity contribution in [3.63, 3.8) is 0 Å². The molecule has 4 unspecified atom stereocenters. The average Bonchev–Trinajstić information content (AvgIpc) is 3.11. The van der Waals surface area contributed by atoms with Crippen molar-refractivity contribution in [2.45, 2.75) is 70.2 Å². The average molecular weight is 449 g/mol. The number of carboxylic acid groups (broad SMARTS) is 1. The summed E-state index contributed by atoms with van der Waals surface area (Å²) in [6.45, 7) is 5.58. The predicted molar refractivity (Wildman–Crippen MR) is 117 cm³/mol. The fraction of sp³-hybridized carbons (Fsp3) is 0.478. The van der Waals surface area contributed by atoms with Gasteiger partial charge in [-0.2, -0.15) is 0 Å². The van der Waals surface area contributed by atoms with Crippen molar-refractivity contribution >= 4 is 17.6 Å². The quantitative estimate of drug-likeness (QED) is 0.439. The normalized spacial score (nSPS) is 21.7. The highest BCUT2D eigenvalue weighted by atomic mass is 35.5. The van der Waals surface area contributed by atoms with Crippen LogP contribution < -0.4 is 0 Å². The summed E-state index contributed by atoms with van der Waals surface area (Å²) in [5, 5.41) is 31.4. The van der Waals surface area contributed by atoms with E-state index in [0.717, 1.165) is 12.0 Å². The van der Waals surface area contributed by atoms with Crippen molar-refractivity contribution < 1.29 is 24.9 Å². The van der Waals surface area contributed by atoms with Crippen molar-refractivity contribution in [1.29, 1.82) is 0 Å². The van der Waals surface area contributed by atoms with Crippen molar-refractivity contribution in [1.82, 2.24) is 9.88 Å². The number of pyridine rings is 1. The molecule has 1 saturated heterocycles. The van der Waals surface area contributed by atoms with E-state index in [9.17, 15) is 15.0 Å². The molecule has 168 valence electrons. The molecule has 1 aliphatic rings. The third kappa shape index (κ3) is 6.02. The molecule has 0 bridgehead atoms. The smallest absolute Gasteiger partial charge is 0.335 e. The number of carbonyl (C=O) groups is 1. The van der Waals surface area contributed by atoms with E-state index in [2.05, 4.69) is 4.98 Å². The first-order valence-electron chi connectivity index (χ1n) is 10.3. The maximum atomic E-state index is 11.1. The zero-order valence-electron chi connectivity index (χ0n) is 17.9. The lowest BCUT2D eigenvalue weighted by Gasteiger charge is -2.38. The number of aliphatic hydroxyl groups is 2. The Balaban J connectivity index is 1.83. The number of aromatic carboxylic acids is 1. The lowest BCUT2D eigenvalue weighted by molar-refractivity contribution is -0.256. The number of hydrogen-bond donors (Lipinski definition) is 3. The Bertz CT molecular complexity index is 882. The number of carboxylic acids is 1. The zero-order valence-corrected chi connectivity index (χ0v) is 18.7. The molecule has 0 saturated carbocycles. The molecular formula is C23H29ClN2O5. The summed E-state index contributed by atoms with van der Waals surface area (Å²) < 4.78 is 5.83. The molecule has 4 atom stereocenters. The Labute approximate surface area is 187 Å². The Kier molecular flexibility index (Phi) is 7.34. The van der Waals surface area contributed by atoms with Crippen LogP contribution in [0.4, 0.5) is 0 Å². The van der Waals surface area contributed by atoms with Gasteiger partial charge in [-0.05, 0) is 63.8 Å². The summed E-state index contributed by atoms with van der Waals surface area (Å²) >= 11 is 5.87. The Morgan fingerprint density at radius 2 is 1.87 bits per heavy atom. The Hall–Kier alpha value is -2.03. The third-order valence-corrected chi connectivity index (χ3v) is 5.67. The maximum absolute atomic E-state index is 11.1. The van der Waals surface area contributed by atoms with E-state index in [1.54, 1.807) is 42.6 Å². The Morgan fingerprint density at radius 1 is 1.19 bits per heavy atom. The fourth-order valence-electron chi connectivity index (χ4n) is 4.02. The largest absolute Gasteiger partial charge is 0.478 e. The molecule has 2 aromatic rings. The lowest BCUT2D eigenvalue weighted by Crippen LogP contribution is -2.50. The highest BCUT2D eigenvalue weighted by Crippen LogP contribution is 2.36. The number of aromatic nitrogens is 1. The number of nitrogens with zero attached hydrogens (tertiary/aromatic N) is 2. The van der Waals surface area contributed by atoms with Crippen LogP contribution in [0.3, 0.4) is 0 Å². The topological polar surface area (TPSA) is 103 Å². The van der Waals surface area contributed by atoms with Gasteiger partial charge in [-0.3, -0.25) is 0 Å². The summed E-state index contributed by atoms with van der Waals surface area (Å²) in [4.78, 5) is 17.0. The molecule has 3 rings (SSSR count). The van der Waals surface area contributed by atoms with E-state index in [-0.39, 0.29) is 17.6 Å². The SMILES string of the molecule is CC(C)(C)OC(O)N1C(Cc2ccc(C(=O)O)cc2)CCC1C(O)c1ccc(Cl)nc1. The molecule has 0 amide bonds. The number of halogens is 1. The standard InChI is InChI=1S/C23H29ClN2O5/c1-23(2,3)31-22(30)26-17(12-14-4-6-15(7-5-14)21(28)29)9-10-18(26)20(27)16-8-11-19(24)25-13-16/h4-8,11,13,17-18,20,22,27,30H,9-10,12H2,1-3H3,(H,28,29). The number of ether oxygens (including phenoxy) is 1. The summed E-state index contributed by atoms with van der Waals surface area (Å²) in [7, 11) is 0. The van der Waals surface area contributed by atoms with E-state index in [0.29, 0.717) is 23.6 Å². The zero-order chi connectivity index (χ0) is 22.8. The number of aliphatic hydroxyl groups excluding tert-OH is 2. The van der Waals surface area contributed by atoms with Crippen LogP contribution in [0.5, 0.6) is 0 Å². The van der Waals surface area contributed by atoms with Crippen LogP contribution in [0.1, 0.15) is 61.2 Å². The highest BCUT2D eigenvalue weighted by molar-refractivity contribution is 6.29. The molecule has 1 aromatic heterocycles. The van der Waals surface area contributed by atoms with Crippen LogP contribution >= 0.6 is 11.6 Å². The van der Waals surface area contributed by atoms with Crippen LogP contribution in [0.25, 0.3) is 0 Å². The molecule has 1 aliphatic heterocycles.